The molecule has 0 aromatic heterocycles. The molecular weight excluding hydrogens is 396 g/mol. The van der Waals surface area contributed by atoms with E-state index in [-0.39, 0.29) is 23.4 Å². The van der Waals surface area contributed by atoms with Crippen molar-refractivity contribution in [1.82, 2.24) is 5.32 Å². The molecule has 4 nitrogen and oxygen atoms in total. The average Bonchev–Trinajstić information content (AvgIpc) is 2.95. The first-order chi connectivity index (χ1) is 14.7. The molecule has 3 rings (SSSR count). The Morgan fingerprint density at radius 3 is 2.50 bits per heavy atom. The Balaban J connectivity index is 1.78. The number of rotatable bonds is 9. The molecule has 0 saturated heterocycles. The number of benzene rings is 2. The minimum absolute atomic E-state index is 0.0799. The van der Waals surface area contributed by atoms with Gasteiger partial charge in [-0.1, -0.05) is 48.5 Å². The van der Waals surface area contributed by atoms with E-state index in [4.69, 9.17) is 16.3 Å². The summed E-state index contributed by atoms with van der Waals surface area (Å²) < 4.78 is 5.18. The first-order valence-electron chi connectivity index (χ1n) is 11.0. The number of nitrogens with zero attached hydrogens (tertiary/aromatic N) is 1. The second-order valence-electron chi connectivity index (χ2n) is 7.97. The predicted molar refractivity (Wildman–Crippen MR) is 124 cm³/mol. The number of carbonyl (C=O) groups excluding carboxylic acids is 1. The number of anilines is 1. The lowest BCUT2D eigenvalue weighted by Crippen LogP contribution is -2.53. The zero-order valence-corrected chi connectivity index (χ0v) is 18.6. The number of halogens is 1. The van der Waals surface area contributed by atoms with Crippen LogP contribution in [0, 0.1) is 0 Å². The smallest absolute Gasteiger partial charge is 0.229 e. The Morgan fingerprint density at radius 1 is 1.10 bits per heavy atom. The summed E-state index contributed by atoms with van der Waals surface area (Å²) >= 11 is 6.63. The lowest BCUT2D eigenvalue weighted by atomic mass is 9.99. The Morgan fingerprint density at radius 2 is 1.80 bits per heavy atom. The lowest BCUT2D eigenvalue weighted by Gasteiger charge is -2.37. The fraction of sp³-hybridized carbons (Fsp3) is 0.480. The minimum atomic E-state index is 0.0799. The van der Waals surface area contributed by atoms with E-state index in [9.17, 15) is 4.79 Å². The van der Waals surface area contributed by atoms with Crippen molar-refractivity contribution in [3.63, 3.8) is 0 Å². The van der Waals surface area contributed by atoms with Crippen molar-refractivity contribution in [3.8, 4) is 0 Å². The van der Waals surface area contributed by atoms with E-state index < -0.39 is 0 Å². The molecule has 1 saturated carbocycles. The maximum Gasteiger partial charge on any atom is 0.229 e. The van der Waals surface area contributed by atoms with Crippen molar-refractivity contribution < 1.29 is 9.53 Å². The normalized spacial score (nSPS) is 21.7. The molecule has 0 spiro atoms. The number of hydrogen-bond acceptors (Lipinski definition) is 3. The number of alkyl halides is 1. The lowest BCUT2D eigenvalue weighted by molar-refractivity contribution is -0.120. The molecule has 30 heavy (non-hydrogen) atoms. The number of ether oxygens (including phenoxy) is 1. The van der Waals surface area contributed by atoms with E-state index in [1.165, 1.54) is 5.56 Å². The number of carbonyl (C=O) groups is 1. The summed E-state index contributed by atoms with van der Waals surface area (Å²) in [4.78, 5) is 15.2. The van der Waals surface area contributed by atoms with Crippen LogP contribution in [-0.2, 0) is 16.0 Å². The van der Waals surface area contributed by atoms with Gasteiger partial charge in [-0.15, -0.1) is 11.6 Å². The van der Waals surface area contributed by atoms with Crippen LogP contribution in [0.1, 0.15) is 37.7 Å². The summed E-state index contributed by atoms with van der Waals surface area (Å²) in [6.45, 7) is 1.29. The third kappa shape index (κ3) is 6.56. The van der Waals surface area contributed by atoms with E-state index in [1.807, 2.05) is 41.3 Å². The van der Waals surface area contributed by atoms with Crippen LogP contribution in [0.3, 0.4) is 0 Å². The zero-order valence-electron chi connectivity index (χ0n) is 17.8. The Bertz CT molecular complexity index is 756. The van der Waals surface area contributed by atoms with Crippen molar-refractivity contribution in [1.29, 1.82) is 0 Å². The number of hydrogen-bond donors (Lipinski definition) is 1. The molecule has 2 aromatic rings. The molecule has 2 aromatic carbocycles. The highest BCUT2D eigenvalue weighted by molar-refractivity contribution is 6.20. The highest BCUT2D eigenvalue weighted by atomic mass is 35.5. The topological polar surface area (TPSA) is 41.6 Å². The summed E-state index contributed by atoms with van der Waals surface area (Å²) in [5.74, 6) is 0.107. The molecule has 1 aliphatic carbocycles. The first-order valence-corrected chi connectivity index (χ1v) is 11.4. The molecule has 1 N–H and O–H groups in total. The van der Waals surface area contributed by atoms with Crippen molar-refractivity contribution in [3.05, 3.63) is 66.2 Å². The number of para-hydroxylation sites is 1. The van der Waals surface area contributed by atoms with Crippen LogP contribution in [0.5, 0.6) is 0 Å². The van der Waals surface area contributed by atoms with Crippen LogP contribution < -0.4 is 10.2 Å². The summed E-state index contributed by atoms with van der Waals surface area (Å²) in [5.41, 5.74) is 2.26. The minimum Gasteiger partial charge on any atom is -0.384 e. The van der Waals surface area contributed by atoms with Crippen LogP contribution in [0.15, 0.2) is 60.7 Å². The van der Waals surface area contributed by atoms with E-state index >= 15 is 0 Å². The van der Waals surface area contributed by atoms with Gasteiger partial charge in [-0.05, 0) is 56.3 Å². The molecule has 0 radical (unpaired) electrons. The predicted octanol–water partition coefficient (Wildman–Crippen LogP) is 4.81. The van der Waals surface area contributed by atoms with Crippen molar-refractivity contribution in [2.45, 2.75) is 56.0 Å². The van der Waals surface area contributed by atoms with Gasteiger partial charge in [0, 0.05) is 24.2 Å². The Hall–Kier alpha value is -1.88. The number of amides is 1. The fourth-order valence-electron chi connectivity index (χ4n) is 4.29. The van der Waals surface area contributed by atoms with Gasteiger partial charge in [0.15, 0.2) is 0 Å². The molecule has 5 heteroatoms. The second-order valence-corrected chi connectivity index (χ2v) is 8.59. The van der Waals surface area contributed by atoms with E-state index in [2.05, 4.69) is 29.6 Å². The van der Waals surface area contributed by atoms with Crippen LogP contribution >= 0.6 is 11.6 Å². The third-order valence-electron chi connectivity index (χ3n) is 5.81. The van der Waals surface area contributed by atoms with E-state index in [1.54, 1.807) is 7.11 Å². The van der Waals surface area contributed by atoms with Gasteiger partial charge in [0.25, 0.3) is 0 Å². The van der Waals surface area contributed by atoms with Gasteiger partial charge in [0.05, 0.1) is 19.1 Å². The Kier molecular flexibility index (Phi) is 9.19. The summed E-state index contributed by atoms with van der Waals surface area (Å²) in [6.07, 6.45) is 5.16. The SMILES string of the molecule is COCCC(=O)N(c1ccccc1)C1CCCC(Cl)CC1NCCc1ccccc1. The molecule has 0 aliphatic heterocycles. The van der Waals surface area contributed by atoms with Gasteiger partial charge in [-0.2, -0.15) is 0 Å². The number of methoxy groups -OCH3 is 1. The third-order valence-corrected chi connectivity index (χ3v) is 6.21. The van der Waals surface area contributed by atoms with Crippen molar-refractivity contribution in [2.24, 2.45) is 0 Å². The standard InChI is InChI=1S/C25H33ClN2O2/c1-30-18-16-25(29)28(22-12-6-3-7-13-22)24-14-8-11-21(26)19-23(24)27-17-15-20-9-4-2-5-10-20/h2-7,9-10,12-13,21,23-24,27H,8,11,14-19H2,1H3. The molecule has 162 valence electrons. The van der Waals surface area contributed by atoms with Gasteiger partial charge < -0.3 is 15.0 Å². The zero-order chi connectivity index (χ0) is 21.2. The quantitative estimate of drug-likeness (QED) is 0.460. The van der Waals surface area contributed by atoms with Crippen molar-refractivity contribution >= 4 is 23.2 Å². The molecule has 1 fully saturated rings. The van der Waals surface area contributed by atoms with Crippen LogP contribution in [0.25, 0.3) is 0 Å². The molecule has 1 aliphatic rings. The molecule has 0 heterocycles. The number of nitrogens with one attached hydrogen (secondary N) is 1. The average molecular weight is 429 g/mol. The highest BCUT2D eigenvalue weighted by Gasteiger charge is 2.34. The van der Waals surface area contributed by atoms with E-state index in [0.29, 0.717) is 13.0 Å². The van der Waals surface area contributed by atoms with Crippen LogP contribution in [0.4, 0.5) is 5.69 Å². The van der Waals surface area contributed by atoms with Gasteiger partial charge in [0.1, 0.15) is 0 Å². The maximum absolute atomic E-state index is 13.2. The van der Waals surface area contributed by atoms with Crippen LogP contribution in [0.2, 0.25) is 0 Å². The van der Waals surface area contributed by atoms with E-state index in [0.717, 1.165) is 44.3 Å². The van der Waals surface area contributed by atoms with Gasteiger partial charge >= 0.3 is 0 Å². The molecule has 1 amide bonds. The first kappa shape index (κ1) is 22.8. The largest absolute Gasteiger partial charge is 0.384 e. The molecular formula is C25H33ClN2O2. The van der Waals surface area contributed by atoms with Crippen molar-refractivity contribution in [2.75, 3.05) is 25.2 Å². The van der Waals surface area contributed by atoms with Crippen LogP contribution in [-0.4, -0.2) is 43.6 Å². The molecule has 3 unspecified atom stereocenters. The maximum atomic E-state index is 13.2. The van der Waals surface area contributed by atoms with Gasteiger partial charge in [-0.25, -0.2) is 0 Å². The summed E-state index contributed by atoms with van der Waals surface area (Å²) in [6, 6.07) is 20.7. The summed E-state index contributed by atoms with van der Waals surface area (Å²) in [5, 5.41) is 3.88. The monoisotopic (exact) mass is 428 g/mol. The highest BCUT2D eigenvalue weighted by Crippen LogP contribution is 2.30. The van der Waals surface area contributed by atoms with Gasteiger partial charge in [-0.3, -0.25) is 4.79 Å². The Labute approximate surface area is 185 Å². The second kappa shape index (κ2) is 12.1. The van der Waals surface area contributed by atoms with Gasteiger partial charge in [0.2, 0.25) is 5.91 Å². The molecule has 0 bridgehead atoms. The summed E-state index contributed by atoms with van der Waals surface area (Å²) in [7, 11) is 1.64. The fourth-order valence-corrected chi connectivity index (χ4v) is 4.64. The molecule has 3 atom stereocenters.